The number of anilines is 1. The standard InChI is InChI=1S/C12H16N2O2/c1-8-2-3-11(13)10(6-8)12(16)14-5-4-9(15)7-14/h2-3,6,9,15H,4-5,7,13H2,1H3/t9-/m0/s1. The fraction of sp³-hybridized carbons (Fsp3) is 0.417. The number of nitrogens with zero attached hydrogens (tertiary/aromatic N) is 1. The predicted octanol–water partition coefficient (Wildman–Crippen LogP) is 0.784. The topological polar surface area (TPSA) is 66.6 Å². The Balaban J connectivity index is 2.23. The molecule has 1 amide bonds. The first-order chi connectivity index (χ1) is 7.58. The molecule has 1 aromatic carbocycles. The van der Waals surface area contributed by atoms with Crippen molar-refractivity contribution in [3.63, 3.8) is 0 Å². The summed E-state index contributed by atoms with van der Waals surface area (Å²) in [7, 11) is 0. The van der Waals surface area contributed by atoms with Gasteiger partial charge < -0.3 is 15.7 Å². The number of hydrogen-bond donors (Lipinski definition) is 2. The molecule has 3 N–H and O–H groups in total. The van der Waals surface area contributed by atoms with Crippen molar-refractivity contribution < 1.29 is 9.90 Å². The molecular formula is C12H16N2O2. The van der Waals surface area contributed by atoms with Crippen LogP contribution in [0.2, 0.25) is 0 Å². The molecule has 0 bridgehead atoms. The van der Waals surface area contributed by atoms with Crippen molar-refractivity contribution in [1.29, 1.82) is 0 Å². The first-order valence-electron chi connectivity index (χ1n) is 5.41. The number of nitrogens with two attached hydrogens (primary N) is 1. The molecule has 0 unspecified atom stereocenters. The van der Waals surface area contributed by atoms with Crippen molar-refractivity contribution >= 4 is 11.6 Å². The fourth-order valence-electron chi connectivity index (χ4n) is 1.95. The molecule has 0 spiro atoms. The average Bonchev–Trinajstić information content (AvgIpc) is 2.67. The van der Waals surface area contributed by atoms with Gasteiger partial charge >= 0.3 is 0 Å². The Kier molecular flexibility index (Phi) is 2.83. The first-order valence-corrected chi connectivity index (χ1v) is 5.41. The normalized spacial score (nSPS) is 20.1. The number of carbonyl (C=O) groups excluding carboxylic acids is 1. The third kappa shape index (κ3) is 2.02. The molecule has 1 heterocycles. The van der Waals surface area contributed by atoms with Crippen LogP contribution < -0.4 is 5.73 Å². The van der Waals surface area contributed by atoms with E-state index in [-0.39, 0.29) is 5.91 Å². The third-order valence-electron chi connectivity index (χ3n) is 2.89. The van der Waals surface area contributed by atoms with Gasteiger partial charge in [0.05, 0.1) is 11.7 Å². The lowest BCUT2D eigenvalue weighted by Crippen LogP contribution is -2.30. The first kappa shape index (κ1) is 11.0. The molecule has 0 saturated carbocycles. The number of aryl methyl sites for hydroxylation is 1. The van der Waals surface area contributed by atoms with E-state index in [1.165, 1.54) is 0 Å². The molecule has 0 aromatic heterocycles. The summed E-state index contributed by atoms with van der Waals surface area (Å²) in [5.74, 6) is -0.0854. The zero-order chi connectivity index (χ0) is 11.7. The summed E-state index contributed by atoms with van der Waals surface area (Å²) >= 11 is 0. The highest BCUT2D eigenvalue weighted by Crippen LogP contribution is 2.19. The fourth-order valence-corrected chi connectivity index (χ4v) is 1.95. The number of benzene rings is 1. The lowest BCUT2D eigenvalue weighted by Gasteiger charge is -2.17. The molecule has 1 aliphatic heterocycles. The van der Waals surface area contributed by atoms with E-state index < -0.39 is 6.10 Å². The number of hydrogen-bond acceptors (Lipinski definition) is 3. The van der Waals surface area contributed by atoms with Gasteiger partial charge in [0.1, 0.15) is 0 Å². The van der Waals surface area contributed by atoms with E-state index >= 15 is 0 Å². The average molecular weight is 220 g/mol. The Labute approximate surface area is 94.7 Å². The molecule has 0 radical (unpaired) electrons. The summed E-state index contributed by atoms with van der Waals surface area (Å²) in [6.45, 7) is 2.94. The van der Waals surface area contributed by atoms with Crippen molar-refractivity contribution in [3.05, 3.63) is 29.3 Å². The molecular weight excluding hydrogens is 204 g/mol. The molecule has 4 nitrogen and oxygen atoms in total. The largest absolute Gasteiger partial charge is 0.398 e. The van der Waals surface area contributed by atoms with E-state index in [0.717, 1.165) is 5.56 Å². The molecule has 1 fully saturated rings. The van der Waals surface area contributed by atoms with Gasteiger partial charge in [-0.2, -0.15) is 0 Å². The van der Waals surface area contributed by atoms with Crippen LogP contribution in [-0.4, -0.2) is 35.1 Å². The predicted molar refractivity (Wildman–Crippen MR) is 62.1 cm³/mol. The number of β-amino-alcohol motifs (C(OH)–C–C–N with tert-alkyl or cyclic N) is 1. The van der Waals surface area contributed by atoms with Gasteiger partial charge in [0.2, 0.25) is 0 Å². The Hall–Kier alpha value is -1.55. The van der Waals surface area contributed by atoms with Crippen LogP contribution in [0, 0.1) is 6.92 Å². The Morgan fingerprint density at radius 3 is 2.94 bits per heavy atom. The second kappa shape index (κ2) is 4.14. The number of carbonyl (C=O) groups is 1. The SMILES string of the molecule is Cc1ccc(N)c(C(=O)N2CC[C@H](O)C2)c1. The number of likely N-dealkylation sites (tertiary alicyclic amines) is 1. The van der Waals surface area contributed by atoms with Gasteiger partial charge in [0.25, 0.3) is 5.91 Å². The highest BCUT2D eigenvalue weighted by molar-refractivity contribution is 5.99. The van der Waals surface area contributed by atoms with Crippen LogP contribution in [0.15, 0.2) is 18.2 Å². The van der Waals surface area contributed by atoms with Gasteiger partial charge in [-0.1, -0.05) is 11.6 Å². The molecule has 2 rings (SSSR count). The molecule has 1 saturated heterocycles. The minimum atomic E-state index is -0.394. The Morgan fingerprint density at radius 1 is 1.56 bits per heavy atom. The second-order valence-corrected chi connectivity index (χ2v) is 4.28. The van der Waals surface area contributed by atoms with Crippen LogP contribution in [0.25, 0.3) is 0 Å². The zero-order valence-corrected chi connectivity index (χ0v) is 9.31. The maximum atomic E-state index is 12.1. The van der Waals surface area contributed by atoms with Crippen LogP contribution in [0.4, 0.5) is 5.69 Å². The number of rotatable bonds is 1. The number of aliphatic hydroxyl groups excluding tert-OH is 1. The van der Waals surface area contributed by atoms with E-state index in [4.69, 9.17) is 5.73 Å². The summed E-state index contributed by atoms with van der Waals surface area (Å²) in [6.07, 6.45) is 0.257. The van der Waals surface area contributed by atoms with Crippen molar-refractivity contribution in [1.82, 2.24) is 4.90 Å². The zero-order valence-electron chi connectivity index (χ0n) is 9.31. The minimum absolute atomic E-state index is 0.0854. The smallest absolute Gasteiger partial charge is 0.256 e. The van der Waals surface area contributed by atoms with Gasteiger partial charge in [-0.25, -0.2) is 0 Å². The van der Waals surface area contributed by atoms with Crippen molar-refractivity contribution in [2.75, 3.05) is 18.8 Å². The summed E-state index contributed by atoms with van der Waals surface area (Å²) in [5, 5.41) is 9.39. The van der Waals surface area contributed by atoms with Gasteiger partial charge in [-0.15, -0.1) is 0 Å². The number of amides is 1. The molecule has 86 valence electrons. The molecule has 1 aromatic rings. The van der Waals surface area contributed by atoms with Crippen LogP contribution in [-0.2, 0) is 0 Å². The molecule has 0 aliphatic carbocycles. The van der Waals surface area contributed by atoms with Gasteiger partial charge in [0, 0.05) is 18.8 Å². The van der Waals surface area contributed by atoms with Crippen molar-refractivity contribution in [3.8, 4) is 0 Å². The summed E-state index contributed by atoms with van der Waals surface area (Å²) in [6, 6.07) is 5.42. The molecule has 1 atom stereocenters. The van der Waals surface area contributed by atoms with Crippen molar-refractivity contribution in [2.45, 2.75) is 19.4 Å². The lowest BCUT2D eigenvalue weighted by atomic mass is 10.1. The Bertz CT molecular complexity index is 417. The number of aliphatic hydroxyl groups is 1. The highest BCUT2D eigenvalue weighted by atomic mass is 16.3. The van der Waals surface area contributed by atoms with Crippen LogP contribution >= 0.6 is 0 Å². The van der Waals surface area contributed by atoms with Crippen LogP contribution in [0.5, 0.6) is 0 Å². The van der Waals surface area contributed by atoms with E-state index in [1.807, 2.05) is 13.0 Å². The maximum absolute atomic E-state index is 12.1. The van der Waals surface area contributed by atoms with Crippen LogP contribution in [0.3, 0.4) is 0 Å². The molecule has 16 heavy (non-hydrogen) atoms. The van der Waals surface area contributed by atoms with E-state index in [0.29, 0.717) is 30.8 Å². The monoisotopic (exact) mass is 220 g/mol. The van der Waals surface area contributed by atoms with E-state index in [1.54, 1.807) is 17.0 Å². The molecule has 4 heteroatoms. The van der Waals surface area contributed by atoms with E-state index in [2.05, 4.69) is 0 Å². The maximum Gasteiger partial charge on any atom is 0.256 e. The lowest BCUT2D eigenvalue weighted by molar-refractivity contribution is 0.0766. The third-order valence-corrected chi connectivity index (χ3v) is 2.89. The minimum Gasteiger partial charge on any atom is -0.398 e. The highest BCUT2D eigenvalue weighted by Gasteiger charge is 2.26. The quantitative estimate of drug-likeness (QED) is 0.687. The summed E-state index contributed by atoms with van der Waals surface area (Å²) in [4.78, 5) is 13.7. The van der Waals surface area contributed by atoms with Gasteiger partial charge in [-0.05, 0) is 25.5 Å². The van der Waals surface area contributed by atoms with Gasteiger partial charge in [-0.3, -0.25) is 4.79 Å². The molecule has 1 aliphatic rings. The number of nitrogen functional groups attached to an aromatic ring is 1. The van der Waals surface area contributed by atoms with E-state index in [9.17, 15) is 9.90 Å². The second-order valence-electron chi connectivity index (χ2n) is 4.28. The van der Waals surface area contributed by atoms with Gasteiger partial charge in [0.15, 0.2) is 0 Å². The van der Waals surface area contributed by atoms with Crippen molar-refractivity contribution in [2.24, 2.45) is 0 Å². The summed E-state index contributed by atoms with van der Waals surface area (Å²) < 4.78 is 0. The Morgan fingerprint density at radius 2 is 2.31 bits per heavy atom. The summed E-state index contributed by atoms with van der Waals surface area (Å²) in [5.41, 5.74) is 7.83. The van der Waals surface area contributed by atoms with Crippen LogP contribution in [0.1, 0.15) is 22.3 Å².